The molecule has 4 rings (SSSR count). The van der Waals surface area contributed by atoms with Crippen molar-refractivity contribution in [1.82, 2.24) is 29.7 Å². The summed E-state index contributed by atoms with van der Waals surface area (Å²) in [6, 6.07) is 2.13. The third kappa shape index (κ3) is 3.85. The zero-order valence-corrected chi connectivity index (χ0v) is 15.5. The maximum Gasteiger partial charge on any atom is 0.401 e. The Balaban J connectivity index is 1.68. The number of nitrogens with two attached hydrogens (primary N) is 1. The summed E-state index contributed by atoms with van der Waals surface area (Å²) in [4.78, 5) is 14.4. The van der Waals surface area contributed by atoms with Gasteiger partial charge in [-0.25, -0.2) is 9.97 Å². The SMILES string of the molecule is NCCN1CCC(n2c(CNCC(F)(F)F)nc3cnc4[nH]ccc4c32)CC1. The van der Waals surface area contributed by atoms with Crippen LogP contribution in [0.5, 0.6) is 0 Å². The Hall–Kier alpha value is -2.17. The van der Waals surface area contributed by atoms with E-state index in [1.54, 1.807) is 6.20 Å². The maximum absolute atomic E-state index is 12.6. The van der Waals surface area contributed by atoms with E-state index in [2.05, 4.69) is 29.7 Å². The molecule has 0 atom stereocenters. The number of likely N-dealkylation sites (tertiary alicyclic amines) is 1. The highest BCUT2D eigenvalue weighted by molar-refractivity contribution is 6.01. The van der Waals surface area contributed by atoms with Crippen LogP contribution in [0.15, 0.2) is 18.5 Å². The quantitative estimate of drug-likeness (QED) is 0.595. The van der Waals surface area contributed by atoms with Gasteiger partial charge in [-0.15, -0.1) is 0 Å². The van der Waals surface area contributed by atoms with E-state index in [4.69, 9.17) is 5.73 Å². The summed E-state index contributed by atoms with van der Waals surface area (Å²) < 4.78 is 39.9. The normalized spacial score (nSPS) is 17.1. The lowest BCUT2D eigenvalue weighted by atomic mass is 10.0. The first-order chi connectivity index (χ1) is 13.5. The number of nitrogens with zero attached hydrogens (tertiary/aromatic N) is 4. The molecule has 0 aromatic carbocycles. The second-order valence-electron chi connectivity index (χ2n) is 7.21. The Bertz CT molecular complexity index is 938. The van der Waals surface area contributed by atoms with E-state index < -0.39 is 12.7 Å². The van der Waals surface area contributed by atoms with Gasteiger partial charge in [-0.2, -0.15) is 13.2 Å². The monoisotopic (exact) mass is 395 g/mol. The summed E-state index contributed by atoms with van der Waals surface area (Å²) in [5.41, 5.74) is 8.06. The molecule has 0 bridgehead atoms. The third-order valence-electron chi connectivity index (χ3n) is 5.28. The van der Waals surface area contributed by atoms with Crippen LogP contribution in [0.4, 0.5) is 13.2 Å². The Labute approximate surface area is 160 Å². The molecule has 0 unspecified atom stereocenters. The van der Waals surface area contributed by atoms with Crippen molar-refractivity contribution >= 4 is 22.1 Å². The molecule has 0 amide bonds. The van der Waals surface area contributed by atoms with Crippen LogP contribution in [0.1, 0.15) is 24.7 Å². The first-order valence-electron chi connectivity index (χ1n) is 9.49. The van der Waals surface area contributed by atoms with Crippen LogP contribution in [0.3, 0.4) is 0 Å². The Morgan fingerprint density at radius 2 is 2.07 bits per heavy atom. The molecule has 0 aliphatic carbocycles. The Morgan fingerprint density at radius 1 is 1.29 bits per heavy atom. The molecule has 1 aliphatic rings. The molecule has 7 nitrogen and oxygen atoms in total. The number of H-pyrrole nitrogens is 1. The van der Waals surface area contributed by atoms with E-state index in [-0.39, 0.29) is 12.6 Å². The molecule has 28 heavy (non-hydrogen) atoms. The molecule has 0 radical (unpaired) electrons. The lowest BCUT2D eigenvalue weighted by Gasteiger charge is -2.33. The van der Waals surface area contributed by atoms with Gasteiger partial charge in [-0.05, 0) is 18.9 Å². The molecule has 4 heterocycles. The predicted molar refractivity (Wildman–Crippen MR) is 101 cm³/mol. The van der Waals surface area contributed by atoms with E-state index in [0.717, 1.165) is 49.0 Å². The van der Waals surface area contributed by atoms with Gasteiger partial charge in [0, 0.05) is 43.8 Å². The number of aromatic amines is 1. The zero-order valence-electron chi connectivity index (χ0n) is 15.5. The third-order valence-corrected chi connectivity index (χ3v) is 5.28. The van der Waals surface area contributed by atoms with Crippen LogP contribution in [0, 0.1) is 0 Å². The van der Waals surface area contributed by atoms with Crippen molar-refractivity contribution < 1.29 is 13.2 Å². The van der Waals surface area contributed by atoms with E-state index in [0.29, 0.717) is 17.9 Å². The van der Waals surface area contributed by atoms with Crippen LogP contribution in [0.2, 0.25) is 0 Å². The lowest BCUT2D eigenvalue weighted by molar-refractivity contribution is -0.125. The minimum Gasteiger partial charge on any atom is -0.346 e. The number of pyridine rings is 1. The molecule has 1 fully saturated rings. The number of hydrogen-bond acceptors (Lipinski definition) is 5. The van der Waals surface area contributed by atoms with Gasteiger partial charge in [0.1, 0.15) is 17.0 Å². The average Bonchev–Trinajstić information content (AvgIpc) is 3.25. The summed E-state index contributed by atoms with van der Waals surface area (Å²) in [5.74, 6) is 0.618. The van der Waals surface area contributed by atoms with Gasteiger partial charge in [-0.1, -0.05) is 0 Å². The topological polar surface area (TPSA) is 87.8 Å². The van der Waals surface area contributed by atoms with E-state index >= 15 is 0 Å². The van der Waals surface area contributed by atoms with Crippen molar-refractivity contribution in [1.29, 1.82) is 0 Å². The fourth-order valence-corrected chi connectivity index (χ4v) is 4.06. The van der Waals surface area contributed by atoms with Crippen LogP contribution >= 0.6 is 0 Å². The van der Waals surface area contributed by atoms with Crippen molar-refractivity contribution in [2.24, 2.45) is 5.73 Å². The minimum atomic E-state index is -4.25. The summed E-state index contributed by atoms with van der Waals surface area (Å²) in [6.45, 7) is 2.34. The number of aromatic nitrogens is 4. The van der Waals surface area contributed by atoms with Crippen molar-refractivity contribution in [3.63, 3.8) is 0 Å². The predicted octanol–water partition coefficient (Wildman–Crippen LogP) is 2.16. The zero-order chi connectivity index (χ0) is 19.7. The van der Waals surface area contributed by atoms with Gasteiger partial charge in [0.15, 0.2) is 0 Å². The molecule has 1 saturated heterocycles. The van der Waals surface area contributed by atoms with E-state index in [9.17, 15) is 13.2 Å². The average molecular weight is 395 g/mol. The molecule has 4 N–H and O–H groups in total. The van der Waals surface area contributed by atoms with Gasteiger partial charge < -0.3 is 25.5 Å². The van der Waals surface area contributed by atoms with Crippen molar-refractivity contribution in [2.45, 2.75) is 31.6 Å². The molecular formula is C18H24F3N7. The fraction of sp³-hybridized carbons (Fsp3) is 0.556. The van der Waals surface area contributed by atoms with Gasteiger partial charge >= 0.3 is 6.18 Å². The van der Waals surface area contributed by atoms with Crippen LogP contribution in [0.25, 0.3) is 22.1 Å². The van der Waals surface area contributed by atoms with Crippen LogP contribution in [-0.2, 0) is 6.54 Å². The smallest absolute Gasteiger partial charge is 0.346 e. The Morgan fingerprint density at radius 3 is 2.79 bits per heavy atom. The minimum absolute atomic E-state index is 0.0587. The van der Waals surface area contributed by atoms with Crippen LogP contribution < -0.4 is 11.1 Å². The number of imidazole rings is 1. The first-order valence-corrected chi connectivity index (χ1v) is 9.49. The number of halogens is 3. The summed E-state index contributed by atoms with van der Waals surface area (Å²) >= 11 is 0. The molecule has 3 aromatic heterocycles. The molecule has 3 aromatic rings. The summed E-state index contributed by atoms with van der Waals surface area (Å²) in [7, 11) is 0. The molecule has 0 saturated carbocycles. The largest absolute Gasteiger partial charge is 0.401 e. The van der Waals surface area contributed by atoms with Gasteiger partial charge in [0.25, 0.3) is 0 Å². The van der Waals surface area contributed by atoms with E-state index in [1.807, 2.05) is 12.3 Å². The maximum atomic E-state index is 12.6. The molecule has 0 spiro atoms. The number of fused-ring (bicyclic) bond motifs is 3. The summed E-state index contributed by atoms with van der Waals surface area (Å²) in [5, 5.41) is 3.43. The molecular weight excluding hydrogens is 371 g/mol. The number of hydrogen-bond donors (Lipinski definition) is 3. The second-order valence-corrected chi connectivity index (χ2v) is 7.21. The first kappa shape index (κ1) is 19.2. The highest BCUT2D eigenvalue weighted by Gasteiger charge is 2.28. The molecule has 1 aliphatic heterocycles. The number of nitrogens with one attached hydrogen (secondary N) is 2. The van der Waals surface area contributed by atoms with E-state index in [1.165, 1.54) is 0 Å². The highest BCUT2D eigenvalue weighted by Crippen LogP contribution is 2.32. The summed E-state index contributed by atoms with van der Waals surface area (Å²) in [6.07, 6.45) is 1.07. The second kappa shape index (κ2) is 7.69. The molecule has 10 heteroatoms. The number of rotatable bonds is 6. The van der Waals surface area contributed by atoms with Gasteiger partial charge in [0.2, 0.25) is 0 Å². The highest BCUT2D eigenvalue weighted by atomic mass is 19.4. The number of piperidine rings is 1. The Kier molecular flexibility index (Phi) is 5.26. The fourth-order valence-electron chi connectivity index (χ4n) is 4.06. The lowest BCUT2D eigenvalue weighted by Crippen LogP contribution is -2.38. The van der Waals surface area contributed by atoms with Crippen LogP contribution in [-0.4, -0.2) is 63.3 Å². The molecule has 152 valence electrons. The standard InChI is InChI=1S/C18H24F3N7/c19-18(20,21)11-23-10-15-26-14-9-25-17-13(1-5-24-17)16(14)28(15)12-2-6-27(7-3-12)8-4-22/h1,5,9,12,23H,2-4,6-8,10-11,22H2,(H,24,25). The van der Waals surface area contributed by atoms with Crippen molar-refractivity contribution in [3.8, 4) is 0 Å². The van der Waals surface area contributed by atoms with Gasteiger partial charge in [-0.3, -0.25) is 0 Å². The van der Waals surface area contributed by atoms with Crippen molar-refractivity contribution in [2.75, 3.05) is 32.7 Å². The van der Waals surface area contributed by atoms with Crippen molar-refractivity contribution in [3.05, 3.63) is 24.3 Å². The van der Waals surface area contributed by atoms with Gasteiger partial charge in [0.05, 0.1) is 24.8 Å². The number of alkyl halides is 3.